The summed E-state index contributed by atoms with van der Waals surface area (Å²) in [6.07, 6.45) is 0.625. The lowest BCUT2D eigenvalue weighted by molar-refractivity contribution is -0.120. The van der Waals surface area contributed by atoms with Gasteiger partial charge in [-0.25, -0.2) is 8.42 Å². The summed E-state index contributed by atoms with van der Waals surface area (Å²) in [5.74, 6) is 0.121. The summed E-state index contributed by atoms with van der Waals surface area (Å²) in [6, 6.07) is 0. The van der Waals surface area contributed by atoms with E-state index in [-0.39, 0.29) is 24.0 Å². The number of amides is 1. The summed E-state index contributed by atoms with van der Waals surface area (Å²) in [7, 11) is -1.41. The highest BCUT2D eigenvalue weighted by Gasteiger charge is 2.08. The molecule has 0 heterocycles. The summed E-state index contributed by atoms with van der Waals surface area (Å²) in [4.78, 5) is 11.2. The molecule has 0 unspecified atom stereocenters. The van der Waals surface area contributed by atoms with Crippen molar-refractivity contribution < 1.29 is 17.9 Å². The van der Waals surface area contributed by atoms with Crippen LogP contribution in [0.1, 0.15) is 13.3 Å². The Morgan fingerprint density at radius 3 is 2.53 bits per heavy atom. The van der Waals surface area contributed by atoms with Gasteiger partial charge < -0.3 is 15.4 Å². The molecular weight excluding hydrogens is 244 g/mol. The van der Waals surface area contributed by atoms with Crippen LogP contribution in [-0.2, 0) is 19.4 Å². The topological polar surface area (TPSA) is 84.5 Å². The van der Waals surface area contributed by atoms with Crippen molar-refractivity contribution in [3.05, 3.63) is 0 Å². The number of nitrogens with one attached hydrogen (secondary N) is 2. The Bertz CT molecular complexity index is 303. The van der Waals surface area contributed by atoms with Crippen LogP contribution in [0.3, 0.4) is 0 Å². The number of rotatable bonds is 10. The lowest BCUT2D eigenvalue weighted by Gasteiger charge is -2.06. The van der Waals surface area contributed by atoms with Crippen LogP contribution in [0.4, 0.5) is 0 Å². The van der Waals surface area contributed by atoms with E-state index in [0.29, 0.717) is 26.1 Å². The molecule has 0 aliphatic carbocycles. The number of ether oxygens (including phenoxy) is 1. The molecule has 0 aromatic heterocycles. The van der Waals surface area contributed by atoms with E-state index in [0.717, 1.165) is 0 Å². The lowest BCUT2D eigenvalue weighted by atomic mass is 10.5. The third kappa shape index (κ3) is 10.2. The molecule has 0 saturated heterocycles. The zero-order valence-corrected chi connectivity index (χ0v) is 11.3. The Hall–Kier alpha value is -0.660. The molecule has 1 amide bonds. The maximum atomic E-state index is 11.3. The highest BCUT2D eigenvalue weighted by Crippen LogP contribution is 1.91. The van der Waals surface area contributed by atoms with E-state index in [1.54, 1.807) is 7.11 Å². The van der Waals surface area contributed by atoms with Crippen molar-refractivity contribution in [1.82, 2.24) is 10.6 Å². The van der Waals surface area contributed by atoms with Gasteiger partial charge in [0, 0.05) is 26.0 Å². The Labute approximate surface area is 103 Å². The average Bonchev–Trinajstić information content (AvgIpc) is 2.25. The minimum atomic E-state index is -2.96. The molecule has 0 aromatic rings. The quantitative estimate of drug-likeness (QED) is 0.504. The standard InChI is InChI=1S/C10H22N2O4S/c1-3-7-17(14,15)8-5-11-9-10(13)12-4-6-16-2/h11H,3-9H2,1-2H3,(H,12,13). The van der Waals surface area contributed by atoms with Crippen molar-refractivity contribution in [2.45, 2.75) is 13.3 Å². The van der Waals surface area contributed by atoms with Crippen LogP contribution >= 0.6 is 0 Å². The highest BCUT2D eigenvalue weighted by molar-refractivity contribution is 7.91. The van der Waals surface area contributed by atoms with E-state index < -0.39 is 9.84 Å². The third-order valence-electron chi connectivity index (χ3n) is 2.02. The first-order chi connectivity index (χ1) is 8.02. The number of carbonyl (C=O) groups is 1. The Balaban J connectivity index is 3.54. The van der Waals surface area contributed by atoms with Gasteiger partial charge in [0.2, 0.25) is 5.91 Å². The number of methoxy groups -OCH3 is 1. The minimum Gasteiger partial charge on any atom is -0.383 e. The summed E-state index contributed by atoms with van der Waals surface area (Å²) in [5, 5.41) is 5.43. The van der Waals surface area contributed by atoms with Gasteiger partial charge in [0.1, 0.15) is 0 Å². The van der Waals surface area contributed by atoms with Gasteiger partial charge in [-0.1, -0.05) is 6.92 Å². The van der Waals surface area contributed by atoms with Crippen molar-refractivity contribution in [2.75, 3.05) is 44.9 Å². The van der Waals surface area contributed by atoms with Gasteiger partial charge in [-0.3, -0.25) is 4.79 Å². The zero-order valence-electron chi connectivity index (χ0n) is 10.5. The van der Waals surface area contributed by atoms with Crippen LogP contribution in [0.2, 0.25) is 0 Å². The molecule has 0 rings (SSSR count). The summed E-state index contributed by atoms with van der Waals surface area (Å²) < 4.78 is 27.4. The number of hydrogen-bond donors (Lipinski definition) is 2. The first-order valence-corrected chi connectivity index (χ1v) is 7.50. The molecular formula is C10H22N2O4S. The molecule has 7 heteroatoms. The summed E-state index contributed by atoms with van der Waals surface area (Å²) >= 11 is 0. The van der Waals surface area contributed by atoms with Crippen LogP contribution < -0.4 is 10.6 Å². The van der Waals surface area contributed by atoms with Gasteiger partial charge in [0.05, 0.1) is 18.9 Å². The van der Waals surface area contributed by atoms with Crippen molar-refractivity contribution in [1.29, 1.82) is 0 Å². The predicted octanol–water partition coefficient (Wildman–Crippen LogP) is -0.837. The van der Waals surface area contributed by atoms with Gasteiger partial charge >= 0.3 is 0 Å². The molecule has 0 atom stereocenters. The van der Waals surface area contributed by atoms with Crippen molar-refractivity contribution in [3.63, 3.8) is 0 Å². The number of hydrogen-bond acceptors (Lipinski definition) is 5. The van der Waals surface area contributed by atoms with E-state index in [2.05, 4.69) is 10.6 Å². The highest BCUT2D eigenvalue weighted by atomic mass is 32.2. The van der Waals surface area contributed by atoms with Crippen LogP contribution in [0, 0.1) is 0 Å². The van der Waals surface area contributed by atoms with E-state index in [1.807, 2.05) is 6.92 Å². The Morgan fingerprint density at radius 2 is 1.94 bits per heavy atom. The second kappa shape index (κ2) is 9.38. The molecule has 0 aliphatic heterocycles. The van der Waals surface area contributed by atoms with E-state index >= 15 is 0 Å². The Kier molecular flexibility index (Phi) is 9.01. The van der Waals surface area contributed by atoms with Gasteiger partial charge in [-0.15, -0.1) is 0 Å². The molecule has 0 saturated carbocycles. The molecule has 0 spiro atoms. The lowest BCUT2D eigenvalue weighted by Crippen LogP contribution is -2.37. The average molecular weight is 266 g/mol. The van der Waals surface area contributed by atoms with Crippen molar-refractivity contribution in [2.24, 2.45) is 0 Å². The van der Waals surface area contributed by atoms with Crippen LogP contribution in [0.25, 0.3) is 0 Å². The molecule has 0 fully saturated rings. The van der Waals surface area contributed by atoms with Crippen LogP contribution in [-0.4, -0.2) is 59.2 Å². The summed E-state index contributed by atoms with van der Waals surface area (Å²) in [5.41, 5.74) is 0. The van der Waals surface area contributed by atoms with Crippen molar-refractivity contribution >= 4 is 15.7 Å². The number of sulfone groups is 1. The molecule has 0 aliphatic rings. The normalized spacial score (nSPS) is 11.4. The van der Waals surface area contributed by atoms with E-state index in [4.69, 9.17) is 4.74 Å². The SMILES string of the molecule is CCCS(=O)(=O)CCNCC(=O)NCCOC. The molecule has 0 bridgehead atoms. The molecule has 0 aromatic carbocycles. The maximum Gasteiger partial charge on any atom is 0.234 e. The Morgan fingerprint density at radius 1 is 1.24 bits per heavy atom. The van der Waals surface area contributed by atoms with Gasteiger partial charge in [-0.05, 0) is 6.42 Å². The first-order valence-electron chi connectivity index (χ1n) is 5.68. The first kappa shape index (κ1) is 16.3. The monoisotopic (exact) mass is 266 g/mol. The number of carbonyl (C=O) groups excluding carboxylic acids is 1. The second-order valence-electron chi connectivity index (χ2n) is 3.67. The second-order valence-corrected chi connectivity index (χ2v) is 5.97. The fraction of sp³-hybridized carbons (Fsp3) is 0.900. The van der Waals surface area contributed by atoms with Crippen LogP contribution in [0.5, 0.6) is 0 Å². The predicted molar refractivity (Wildman–Crippen MR) is 66.7 cm³/mol. The molecule has 102 valence electrons. The van der Waals surface area contributed by atoms with Crippen molar-refractivity contribution in [3.8, 4) is 0 Å². The third-order valence-corrected chi connectivity index (χ3v) is 3.88. The molecule has 17 heavy (non-hydrogen) atoms. The fourth-order valence-corrected chi connectivity index (χ4v) is 2.48. The summed E-state index contributed by atoms with van der Waals surface area (Å²) in [6.45, 7) is 3.20. The maximum absolute atomic E-state index is 11.3. The minimum absolute atomic E-state index is 0.0756. The fourth-order valence-electron chi connectivity index (χ4n) is 1.20. The van der Waals surface area contributed by atoms with E-state index in [1.165, 1.54) is 0 Å². The van der Waals surface area contributed by atoms with Gasteiger partial charge in [0.25, 0.3) is 0 Å². The van der Waals surface area contributed by atoms with Crippen LogP contribution in [0.15, 0.2) is 0 Å². The van der Waals surface area contributed by atoms with Gasteiger partial charge in [-0.2, -0.15) is 0 Å². The van der Waals surface area contributed by atoms with E-state index in [9.17, 15) is 13.2 Å². The van der Waals surface area contributed by atoms with Gasteiger partial charge in [0.15, 0.2) is 9.84 Å². The molecule has 6 nitrogen and oxygen atoms in total. The molecule has 0 radical (unpaired) electrons. The largest absolute Gasteiger partial charge is 0.383 e. The smallest absolute Gasteiger partial charge is 0.234 e. The molecule has 2 N–H and O–H groups in total. The zero-order chi connectivity index (χ0) is 13.1.